The average Bonchev–Trinajstić information content (AvgIpc) is 3.12. The van der Waals surface area contributed by atoms with E-state index in [0.717, 1.165) is 38.5 Å². The van der Waals surface area contributed by atoms with E-state index in [1.165, 1.54) is 167 Å². The van der Waals surface area contributed by atoms with Gasteiger partial charge in [-0.2, -0.15) is 0 Å². The Bertz CT molecular complexity index is 855. The first kappa shape index (κ1) is 53.5. The minimum Gasteiger partial charge on any atom is -0.756 e. The minimum atomic E-state index is -4.56. The van der Waals surface area contributed by atoms with Crippen LogP contribution >= 0.6 is 7.82 Å². The van der Waals surface area contributed by atoms with Gasteiger partial charge in [-0.15, -0.1) is 0 Å². The molecule has 1 amide bonds. The van der Waals surface area contributed by atoms with Crippen molar-refractivity contribution in [2.75, 3.05) is 40.9 Å². The summed E-state index contributed by atoms with van der Waals surface area (Å²) in [5, 5.41) is 13.9. The number of carbonyl (C=O) groups excluding carboxylic acids is 1. The van der Waals surface area contributed by atoms with Crippen molar-refractivity contribution in [1.82, 2.24) is 5.32 Å². The maximum atomic E-state index is 12.9. The lowest BCUT2D eigenvalue weighted by molar-refractivity contribution is -0.870. The van der Waals surface area contributed by atoms with Gasteiger partial charge < -0.3 is 28.8 Å². The summed E-state index contributed by atoms with van der Waals surface area (Å²) in [6.07, 6.45) is 41.0. The van der Waals surface area contributed by atoms with E-state index in [2.05, 4.69) is 19.2 Å². The second-order valence-electron chi connectivity index (χ2n) is 17.5. The molecule has 0 aromatic heterocycles. The molecule has 0 bridgehead atoms. The van der Waals surface area contributed by atoms with Crippen LogP contribution < -0.4 is 10.2 Å². The van der Waals surface area contributed by atoms with Crippen molar-refractivity contribution >= 4 is 13.7 Å². The summed E-state index contributed by atoms with van der Waals surface area (Å²) in [4.78, 5) is 25.3. The zero-order chi connectivity index (χ0) is 40.0. The standard InChI is InChI=1S/C45H93N2O6P/c1-6-8-10-12-14-16-18-20-22-23-25-26-28-30-32-34-36-38-44(48)43(42-53-54(50,51)52-41-40-47(3,4)5)46-45(49)39-37-35-33-31-29-27-24-21-19-17-15-13-11-9-7-2/h43-44,48H,6-42H2,1-5H3,(H-,46,49,50,51). The smallest absolute Gasteiger partial charge is 0.268 e. The first-order valence-electron chi connectivity index (χ1n) is 23.4. The number of aliphatic hydroxyl groups excluding tert-OH is 1. The van der Waals surface area contributed by atoms with Crippen molar-refractivity contribution in [3.8, 4) is 0 Å². The number of quaternary nitrogens is 1. The summed E-state index contributed by atoms with van der Waals surface area (Å²) in [5.41, 5.74) is 0. The number of amides is 1. The van der Waals surface area contributed by atoms with Crippen LogP contribution in [0.2, 0.25) is 0 Å². The average molecular weight is 789 g/mol. The number of rotatable bonds is 43. The molecule has 9 heteroatoms. The number of carbonyl (C=O) groups is 1. The maximum Gasteiger partial charge on any atom is 0.268 e. The predicted molar refractivity (Wildman–Crippen MR) is 229 cm³/mol. The monoisotopic (exact) mass is 789 g/mol. The maximum absolute atomic E-state index is 12.9. The van der Waals surface area contributed by atoms with Gasteiger partial charge in [0.25, 0.3) is 7.82 Å². The molecule has 8 nitrogen and oxygen atoms in total. The number of nitrogens with one attached hydrogen (secondary N) is 1. The van der Waals surface area contributed by atoms with Gasteiger partial charge in [-0.05, 0) is 12.8 Å². The molecule has 0 heterocycles. The molecule has 2 N–H and O–H groups in total. The molecule has 0 aromatic carbocycles. The Balaban J connectivity index is 4.30. The van der Waals surface area contributed by atoms with E-state index < -0.39 is 20.0 Å². The number of aliphatic hydroxyl groups is 1. The zero-order valence-corrected chi connectivity index (χ0v) is 37.6. The van der Waals surface area contributed by atoms with Crippen LogP contribution in [0.4, 0.5) is 0 Å². The number of phosphoric ester groups is 1. The Labute approximate surface area is 336 Å². The summed E-state index contributed by atoms with van der Waals surface area (Å²) in [7, 11) is 1.32. The third-order valence-electron chi connectivity index (χ3n) is 10.8. The topological polar surface area (TPSA) is 108 Å². The van der Waals surface area contributed by atoms with E-state index in [-0.39, 0.29) is 19.1 Å². The predicted octanol–water partition coefficient (Wildman–Crippen LogP) is 12.3. The second-order valence-corrected chi connectivity index (χ2v) is 18.9. The molecule has 0 rings (SSSR count). The molecule has 0 saturated carbocycles. The Morgan fingerprint density at radius 3 is 1.26 bits per heavy atom. The summed E-state index contributed by atoms with van der Waals surface area (Å²) in [6, 6.07) is -0.792. The summed E-state index contributed by atoms with van der Waals surface area (Å²) in [6.45, 7) is 4.75. The fourth-order valence-corrected chi connectivity index (χ4v) is 7.82. The van der Waals surface area contributed by atoms with E-state index in [0.29, 0.717) is 23.9 Å². The van der Waals surface area contributed by atoms with E-state index in [9.17, 15) is 19.4 Å². The Hall–Kier alpha value is -0.500. The highest BCUT2D eigenvalue weighted by Gasteiger charge is 2.24. The van der Waals surface area contributed by atoms with Crippen LogP contribution in [0.15, 0.2) is 0 Å². The van der Waals surface area contributed by atoms with E-state index in [4.69, 9.17) is 9.05 Å². The van der Waals surface area contributed by atoms with Crippen molar-refractivity contribution < 1.29 is 32.9 Å². The molecule has 3 unspecified atom stereocenters. The molecule has 0 radical (unpaired) electrons. The fraction of sp³-hybridized carbons (Fsp3) is 0.978. The highest BCUT2D eigenvalue weighted by atomic mass is 31.2. The van der Waals surface area contributed by atoms with Gasteiger partial charge in [0.05, 0.1) is 39.9 Å². The quantitative estimate of drug-likeness (QED) is 0.0362. The van der Waals surface area contributed by atoms with Crippen LogP contribution in [-0.2, 0) is 18.4 Å². The molecule has 0 aliphatic carbocycles. The van der Waals surface area contributed by atoms with Crippen molar-refractivity contribution in [1.29, 1.82) is 0 Å². The minimum absolute atomic E-state index is 0.0162. The molecule has 0 fully saturated rings. The zero-order valence-electron chi connectivity index (χ0n) is 36.7. The normalized spacial score (nSPS) is 14.3. The Morgan fingerprint density at radius 2 is 0.907 bits per heavy atom. The molecule has 3 atom stereocenters. The summed E-state index contributed by atoms with van der Waals surface area (Å²) < 4.78 is 23.3. The first-order chi connectivity index (χ1) is 26.0. The van der Waals surface area contributed by atoms with E-state index in [1.54, 1.807) is 0 Å². The van der Waals surface area contributed by atoms with Gasteiger partial charge in [0.1, 0.15) is 13.2 Å². The Morgan fingerprint density at radius 1 is 0.574 bits per heavy atom. The van der Waals surface area contributed by atoms with Gasteiger partial charge >= 0.3 is 0 Å². The number of nitrogens with zero attached hydrogens (tertiary/aromatic N) is 1. The molecule has 0 aliphatic rings. The number of unbranched alkanes of at least 4 members (excludes halogenated alkanes) is 30. The molecular formula is C45H93N2O6P. The van der Waals surface area contributed by atoms with Crippen LogP contribution in [0.1, 0.15) is 232 Å². The molecule has 324 valence electrons. The van der Waals surface area contributed by atoms with Crippen LogP contribution in [0.5, 0.6) is 0 Å². The number of likely N-dealkylation sites (N-methyl/N-ethyl adjacent to an activating group) is 1. The van der Waals surface area contributed by atoms with Crippen LogP contribution in [0.25, 0.3) is 0 Å². The number of phosphoric acid groups is 1. The fourth-order valence-electron chi connectivity index (χ4n) is 7.10. The van der Waals surface area contributed by atoms with Crippen molar-refractivity contribution in [3.63, 3.8) is 0 Å². The number of hydrogen-bond acceptors (Lipinski definition) is 6. The summed E-state index contributed by atoms with van der Waals surface area (Å²) in [5.74, 6) is -0.161. The summed E-state index contributed by atoms with van der Waals surface area (Å²) >= 11 is 0. The van der Waals surface area contributed by atoms with Gasteiger partial charge in [-0.25, -0.2) is 0 Å². The largest absolute Gasteiger partial charge is 0.756 e. The molecule has 0 spiro atoms. The lowest BCUT2D eigenvalue weighted by Gasteiger charge is -2.30. The molecule has 54 heavy (non-hydrogen) atoms. The SMILES string of the molecule is CCCCCCCCCCCCCCCCCCCC(O)C(COP(=O)([O-])OCC[N+](C)(C)C)NC(=O)CCCCCCCCCCCCCCCCC. The molecule has 0 aromatic rings. The molecule has 0 saturated heterocycles. The van der Waals surface area contributed by atoms with Crippen LogP contribution in [-0.4, -0.2) is 68.5 Å². The van der Waals surface area contributed by atoms with Crippen molar-refractivity contribution in [3.05, 3.63) is 0 Å². The van der Waals surface area contributed by atoms with Crippen LogP contribution in [0, 0.1) is 0 Å². The third-order valence-corrected chi connectivity index (χ3v) is 11.8. The first-order valence-corrected chi connectivity index (χ1v) is 24.8. The highest BCUT2D eigenvalue weighted by molar-refractivity contribution is 7.45. The van der Waals surface area contributed by atoms with E-state index >= 15 is 0 Å². The van der Waals surface area contributed by atoms with Gasteiger partial charge in [0, 0.05) is 6.42 Å². The van der Waals surface area contributed by atoms with Gasteiger partial charge in [-0.1, -0.05) is 213 Å². The molecular weight excluding hydrogens is 695 g/mol. The Kier molecular flexibility index (Phi) is 37.7. The van der Waals surface area contributed by atoms with Crippen LogP contribution in [0.3, 0.4) is 0 Å². The van der Waals surface area contributed by atoms with Gasteiger partial charge in [-0.3, -0.25) is 9.36 Å². The highest BCUT2D eigenvalue weighted by Crippen LogP contribution is 2.38. The van der Waals surface area contributed by atoms with Crippen molar-refractivity contribution in [2.45, 2.75) is 244 Å². The molecule has 0 aliphatic heterocycles. The lowest BCUT2D eigenvalue weighted by Crippen LogP contribution is -2.46. The number of hydrogen-bond donors (Lipinski definition) is 2. The second kappa shape index (κ2) is 38.0. The lowest BCUT2D eigenvalue weighted by atomic mass is 10.0. The van der Waals surface area contributed by atoms with Crippen molar-refractivity contribution in [2.24, 2.45) is 0 Å². The van der Waals surface area contributed by atoms with Gasteiger partial charge in [0.2, 0.25) is 5.91 Å². The third kappa shape index (κ3) is 39.7. The van der Waals surface area contributed by atoms with Gasteiger partial charge in [0.15, 0.2) is 0 Å². The van der Waals surface area contributed by atoms with E-state index in [1.807, 2.05) is 21.1 Å².